The molecule has 0 saturated carbocycles. The highest BCUT2D eigenvalue weighted by Crippen LogP contribution is 2.25. The number of nitrogens with two attached hydrogens (primary N) is 1. The van der Waals surface area contributed by atoms with Crippen LogP contribution in [0.2, 0.25) is 0 Å². The van der Waals surface area contributed by atoms with Crippen molar-refractivity contribution in [3.8, 4) is 0 Å². The maximum absolute atomic E-state index is 10.8. The Morgan fingerprint density at radius 1 is 1.45 bits per heavy atom. The van der Waals surface area contributed by atoms with Crippen molar-refractivity contribution in [3.63, 3.8) is 0 Å². The van der Waals surface area contributed by atoms with Crippen LogP contribution in [0.3, 0.4) is 0 Å². The van der Waals surface area contributed by atoms with E-state index in [1.165, 1.54) is 6.07 Å². The van der Waals surface area contributed by atoms with Crippen LogP contribution in [0.4, 0.5) is 11.4 Å². The Morgan fingerprint density at radius 2 is 2.20 bits per heavy atom. The van der Waals surface area contributed by atoms with Crippen LogP contribution in [0, 0.1) is 10.1 Å². The number of nitro groups is 1. The smallest absolute Gasteiger partial charge is 0.293 e. The van der Waals surface area contributed by atoms with Gasteiger partial charge in [0, 0.05) is 25.8 Å². The van der Waals surface area contributed by atoms with Gasteiger partial charge in [0.2, 0.25) is 0 Å². The average Bonchev–Trinajstić information content (AvgIpc) is 2.45. The molecule has 3 N–H and O–H groups in total. The van der Waals surface area contributed by atoms with Crippen molar-refractivity contribution >= 4 is 11.4 Å². The summed E-state index contributed by atoms with van der Waals surface area (Å²) in [4.78, 5) is 12.6. The number of hydrogen-bond donors (Lipinski definition) is 2. The average molecular weight is 282 g/mol. The lowest BCUT2D eigenvalue weighted by atomic mass is 10.1. The second-order valence-electron chi connectivity index (χ2n) is 4.32. The van der Waals surface area contributed by atoms with Gasteiger partial charge in [-0.15, -0.1) is 0 Å². The predicted molar refractivity (Wildman–Crippen MR) is 78.4 cm³/mol. The van der Waals surface area contributed by atoms with Crippen molar-refractivity contribution in [1.82, 2.24) is 4.90 Å². The van der Waals surface area contributed by atoms with E-state index >= 15 is 0 Å². The van der Waals surface area contributed by atoms with E-state index in [0.717, 1.165) is 18.7 Å². The van der Waals surface area contributed by atoms with Gasteiger partial charge in [0.05, 0.1) is 11.5 Å². The topological polar surface area (TPSA) is 93.7 Å². The molecule has 0 spiro atoms. The van der Waals surface area contributed by atoms with Crippen molar-refractivity contribution < 1.29 is 9.66 Å². The molecule has 0 atom stereocenters. The monoisotopic (exact) mass is 282 g/mol. The fraction of sp³-hybridized carbons (Fsp3) is 0.538. The van der Waals surface area contributed by atoms with Gasteiger partial charge in [-0.1, -0.05) is 13.0 Å². The summed E-state index contributed by atoms with van der Waals surface area (Å²) >= 11 is 0. The first-order valence-electron chi connectivity index (χ1n) is 6.66. The lowest BCUT2D eigenvalue weighted by molar-refractivity contribution is -0.384. The van der Waals surface area contributed by atoms with E-state index in [4.69, 9.17) is 10.6 Å². The van der Waals surface area contributed by atoms with E-state index in [1.54, 1.807) is 12.1 Å². The van der Waals surface area contributed by atoms with Crippen LogP contribution in [0.25, 0.3) is 0 Å². The second-order valence-corrected chi connectivity index (χ2v) is 4.32. The molecule has 0 aromatic heterocycles. The van der Waals surface area contributed by atoms with Gasteiger partial charge in [0.25, 0.3) is 5.69 Å². The number of anilines is 1. The minimum atomic E-state index is -0.453. The molecule has 112 valence electrons. The first kappa shape index (κ1) is 16.4. The third-order valence-electron chi connectivity index (χ3n) is 3.02. The molecule has 0 heterocycles. The number of hydrogen-bond acceptors (Lipinski definition) is 6. The molecule has 0 saturated heterocycles. The zero-order valence-corrected chi connectivity index (χ0v) is 12.0. The van der Waals surface area contributed by atoms with Crippen molar-refractivity contribution in [2.75, 3.05) is 31.7 Å². The Balaban J connectivity index is 2.73. The number of rotatable bonds is 9. The maximum atomic E-state index is 10.8. The number of nitrogens with one attached hydrogen (secondary N) is 1. The summed E-state index contributed by atoms with van der Waals surface area (Å²) in [6.45, 7) is 7.83. The Morgan fingerprint density at radius 3 is 2.75 bits per heavy atom. The second kappa shape index (κ2) is 8.47. The molecule has 0 aliphatic carbocycles. The fourth-order valence-corrected chi connectivity index (χ4v) is 1.90. The molecule has 20 heavy (non-hydrogen) atoms. The lowest BCUT2D eigenvalue weighted by Gasteiger charge is -2.20. The van der Waals surface area contributed by atoms with Crippen LogP contribution >= 0.6 is 0 Å². The molecule has 7 nitrogen and oxygen atoms in total. The van der Waals surface area contributed by atoms with Crippen LogP contribution in [0.1, 0.15) is 19.4 Å². The Bertz CT molecular complexity index is 440. The summed E-state index contributed by atoms with van der Waals surface area (Å²) in [5, 5.41) is 10.8. The van der Waals surface area contributed by atoms with Crippen LogP contribution in [0.5, 0.6) is 0 Å². The zero-order chi connectivity index (χ0) is 15.0. The van der Waals surface area contributed by atoms with Gasteiger partial charge in [-0.3, -0.25) is 20.9 Å². The van der Waals surface area contributed by atoms with E-state index in [0.29, 0.717) is 25.4 Å². The van der Waals surface area contributed by atoms with Gasteiger partial charge in [-0.05, 0) is 25.1 Å². The SMILES string of the molecule is CCOCCN(CC)Cc1ccc([N+](=O)[O-])c(NN)c1. The Hall–Kier alpha value is -1.70. The Labute approximate surface area is 118 Å². The number of benzene rings is 1. The highest BCUT2D eigenvalue weighted by Gasteiger charge is 2.14. The van der Waals surface area contributed by atoms with Crippen LogP contribution in [-0.2, 0) is 11.3 Å². The minimum Gasteiger partial charge on any atom is -0.380 e. The zero-order valence-electron chi connectivity index (χ0n) is 12.0. The molecule has 0 aliphatic heterocycles. The summed E-state index contributed by atoms with van der Waals surface area (Å²) in [6, 6.07) is 4.94. The molecular formula is C13H22N4O3. The van der Waals surface area contributed by atoms with Gasteiger partial charge in [0.1, 0.15) is 5.69 Å². The maximum Gasteiger partial charge on any atom is 0.293 e. The quantitative estimate of drug-likeness (QED) is 0.310. The number of nitro benzene ring substituents is 1. The number of hydrazine groups is 1. The highest BCUT2D eigenvalue weighted by molar-refractivity contribution is 5.62. The van der Waals surface area contributed by atoms with E-state index in [-0.39, 0.29) is 5.69 Å². The number of nitrogen functional groups attached to an aromatic ring is 1. The molecule has 1 rings (SSSR count). The summed E-state index contributed by atoms with van der Waals surface area (Å²) in [5.74, 6) is 5.33. The van der Waals surface area contributed by atoms with E-state index in [9.17, 15) is 10.1 Å². The third-order valence-corrected chi connectivity index (χ3v) is 3.02. The van der Waals surface area contributed by atoms with Crippen molar-refractivity contribution in [2.45, 2.75) is 20.4 Å². The van der Waals surface area contributed by atoms with Gasteiger partial charge in [-0.2, -0.15) is 0 Å². The molecule has 7 heteroatoms. The standard InChI is InChI=1S/C13H22N4O3/c1-3-16(7-8-20-4-2)10-11-5-6-13(17(18)19)12(9-11)15-14/h5-6,9,15H,3-4,7-8,10,14H2,1-2H3. The molecule has 0 bridgehead atoms. The van der Waals surface area contributed by atoms with Crippen molar-refractivity contribution in [3.05, 3.63) is 33.9 Å². The lowest BCUT2D eigenvalue weighted by Crippen LogP contribution is -2.27. The Kier molecular flexibility index (Phi) is 6.92. The van der Waals surface area contributed by atoms with Gasteiger partial charge >= 0.3 is 0 Å². The number of ether oxygens (including phenoxy) is 1. The molecule has 0 unspecified atom stereocenters. The summed E-state index contributed by atoms with van der Waals surface area (Å²) < 4.78 is 5.34. The van der Waals surface area contributed by atoms with Crippen molar-refractivity contribution in [1.29, 1.82) is 0 Å². The highest BCUT2D eigenvalue weighted by atomic mass is 16.6. The van der Waals surface area contributed by atoms with Crippen LogP contribution in [0.15, 0.2) is 18.2 Å². The van der Waals surface area contributed by atoms with Gasteiger partial charge in [0.15, 0.2) is 0 Å². The first-order chi connectivity index (χ1) is 9.62. The normalized spacial score (nSPS) is 10.8. The number of likely N-dealkylation sites (N-methyl/N-ethyl adjacent to an activating group) is 1. The molecular weight excluding hydrogens is 260 g/mol. The summed E-state index contributed by atoms with van der Waals surface area (Å²) in [5.41, 5.74) is 3.66. The summed E-state index contributed by atoms with van der Waals surface area (Å²) in [6.07, 6.45) is 0. The molecule has 0 aliphatic rings. The van der Waals surface area contributed by atoms with E-state index in [2.05, 4.69) is 17.2 Å². The van der Waals surface area contributed by atoms with Crippen LogP contribution in [-0.4, -0.2) is 36.1 Å². The van der Waals surface area contributed by atoms with Crippen molar-refractivity contribution in [2.24, 2.45) is 5.84 Å². The molecule has 0 radical (unpaired) electrons. The fourth-order valence-electron chi connectivity index (χ4n) is 1.90. The summed E-state index contributed by atoms with van der Waals surface area (Å²) in [7, 11) is 0. The first-order valence-corrected chi connectivity index (χ1v) is 6.66. The molecule has 0 amide bonds. The molecule has 1 aromatic rings. The van der Waals surface area contributed by atoms with E-state index in [1.807, 2.05) is 6.92 Å². The largest absolute Gasteiger partial charge is 0.380 e. The van der Waals surface area contributed by atoms with Gasteiger partial charge in [-0.25, -0.2) is 0 Å². The predicted octanol–water partition coefficient (Wildman–Crippen LogP) is 1.74. The molecule has 0 fully saturated rings. The van der Waals surface area contributed by atoms with E-state index < -0.39 is 4.92 Å². The van der Waals surface area contributed by atoms with Gasteiger partial charge < -0.3 is 10.2 Å². The third kappa shape index (κ3) is 4.76. The van der Waals surface area contributed by atoms with Crippen LogP contribution < -0.4 is 11.3 Å². The minimum absolute atomic E-state index is 0.0198. The molecule has 1 aromatic carbocycles. The number of nitrogens with zero attached hydrogens (tertiary/aromatic N) is 2.